The van der Waals surface area contributed by atoms with Crippen molar-refractivity contribution in [1.82, 2.24) is 15.5 Å². The summed E-state index contributed by atoms with van der Waals surface area (Å²) in [7, 11) is 0. The van der Waals surface area contributed by atoms with E-state index in [1.165, 1.54) is 29.9 Å². The van der Waals surface area contributed by atoms with Gasteiger partial charge in [-0.25, -0.2) is 4.99 Å². The Labute approximate surface area is 199 Å². The second-order valence-corrected chi connectivity index (χ2v) is 7.92. The van der Waals surface area contributed by atoms with E-state index in [0.29, 0.717) is 17.7 Å². The van der Waals surface area contributed by atoms with Crippen molar-refractivity contribution in [2.24, 2.45) is 4.99 Å². The third kappa shape index (κ3) is 7.44. The lowest BCUT2D eigenvalue weighted by Gasteiger charge is -2.27. The highest BCUT2D eigenvalue weighted by Gasteiger charge is 2.24. The Morgan fingerprint density at radius 2 is 1.93 bits per heavy atom. The highest BCUT2D eigenvalue weighted by atomic mass is 127. The molecule has 1 aliphatic heterocycles. The van der Waals surface area contributed by atoms with Crippen LogP contribution in [0.3, 0.4) is 0 Å². The predicted octanol–water partition coefficient (Wildman–Crippen LogP) is 3.40. The van der Waals surface area contributed by atoms with E-state index < -0.39 is 0 Å². The molecule has 0 bridgehead atoms. The molecule has 1 saturated heterocycles. The fourth-order valence-corrected chi connectivity index (χ4v) is 4.24. The van der Waals surface area contributed by atoms with Crippen LogP contribution in [-0.2, 0) is 4.79 Å². The number of nitrogens with zero attached hydrogens (tertiary/aromatic N) is 2. The van der Waals surface area contributed by atoms with Gasteiger partial charge in [0, 0.05) is 23.7 Å². The number of anilines is 1. The van der Waals surface area contributed by atoms with Crippen LogP contribution in [0.25, 0.3) is 0 Å². The monoisotopic (exact) mass is 543 g/mol. The third-order valence-electron chi connectivity index (χ3n) is 4.79. The van der Waals surface area contributed by atoms with E-state index in [4.69, 9.17) is 0 Å². The molecule has 1 amide bonds. The molecular weight excluding hydrogens is 513 g/mol. The van der Waals surface area contributed by atoms with Gasteiger partial charge >= 0.3 is 0 Å². The molecule has 0 saturated carbocycles. The number of nitrogens with one attached hydrogen (secondary N) is 3. The lowest BCUT2D eigenvalue weighted by atomic mass is 10.2. The topological polar surface area (TPSA) is 89.0 Å². The molecule has 0 spiro atoms. The summed E-state index contributed by atoms with van der Waals surface area (Å²) in [5, 5.41) is 20.8. The summed E-state index contributed by atoms with van der Waals surface area (Å²) in [5.74, 6) is 0.592. The third-order valence-corrected chi connectivity index (χ3v) is 5.77. The molecule has 1 aromatic heterocycles. The number of thiophene rings is 1. The molecule has 0 aliphatic carbocycles. The number of aliphatic imine (C=N–C) groups is 1. The van der Waals surface area contributed by atoms with Gasteiger partial charge in [-0.2, -0.15) is 0 Å². The normalized spacial score (nSPS) is 15.3. The van der Waals surface area contributed by atoms with Gasteiger partial charge in [-0.05, 0) is 68.6 Å². The molecule has 2 aromatic rings. The number of guanidine groups is 1. The Balaban J connectivity index is 0.00000320. The van der Waals surface area contributed by atoms with Crippen molar-refractivity contribution < 1.29 is 9.90 Å². The predicted molar refractivity (Wildman–Crippen MR) is 134 cm³/mol. The summed E-state index contributed by atoms with van der Waals surface area (Å²) in [4.78, 5) is 20.5. The maximum Gasteiger partial charge on any atom is 0.246 e. The first kappa shape index (κ1) is 24.4. The number of halogens is 1. The van der Waals surface area contributed by atoms with Gasteiger partial charge in [0.2, 0.25) is 5.91 Å². The average Bonchev–Trinajstić information content (AvgIpc) is 3.43. The smallest absolute Gasteiger partial charge is 0.246 e. The second kappa shape index (κ2) is 12.8. The number of phenolic OH excluding ortho intramolecular Hbond substituents is 1. The average molecular weight is 543 g/mol. The van der Waals surface area contributed by atoms with Crippen LogP contribution >= 0.6 is 35.3 Å². The van der Waals surface area contributed by atoms with Crippen LogP contribution in [0.5, 0.6) is 5.75 Å². The van der Waals surface area contributed by atoms with Crippen molar-refractivity contribution in [2.75, 3.05) is 38.0 Å². The Bertz CT molecular complexity index is 792. The van der Waals surface area contributed by atoms with Crippen molar-refractivity contribution in [1.29, 1.82) is 0 Å². The summed E-state index contributed by atoms with van der Waals surface area (Å²) >= 11 is 1.78. The number of rotatable bonds is 8. The first-order valence-corrected chi connectivity index (χ1v) is 10.9. The maximum atomic E-state index is 12.2. The number of aromatic hydroxyl groups is 1. The molecule has 7 nitrogen and oxygen atoms in total. The van der Waals surface area contributed by atoms with Crippen molar-refractivity contribution in [3.63, 3.8) is 0 Å². The molecular formula is C21H30IN5O2S. The molecule has 1 aromatic carbocycles. The molecule has 3 rings (SSSR count). The SMILES string of the molecule is CCNC(=NCC(=O)Nc1ccc(O)cc1)NCC(c1cccs1)N1CCCC1.I. The summed E-state index contributed by atoms with van der Waals surface area (Å²) in [5.41, 5.74) is 0.632. The molecule has 0 radical (unpaired) electrons. The van der Waals surface area contributed by atoms with E-state index in [2.05, 4.69) is 43.4 Å². The lowest BCUT2D eigenvalue weighted by Crippen LogP contribution is -2.43. The van der Waals surface area contributed by atoms with Crippen LogP contribution in [0.4, 0.5) is 5.69 Å². The van der Waals surface area contributed by atoms with Crippen LogP contribution < -0.4 is 16.0 Å². The van der Waals surface area contributed by atoms with Gasteiger partial charge in [0.05, 0.1) is 6.04 Å². The van der Waals surface area contributed by atoms with Gasteiger partial charge < -0.3 is 21.1 Å². The first-order valence-electron chi connectivity index (χ1n) is 10.0. The molecule has 1 aliphatic rings. The minimum Gasteiger partial charge on any atom is -0.508 e. The van der Waals surface area contributed by atoms with Gasteiger partial charge in [-0.3, -0.25) is 9.69 Å². The van der Waals surface area contributed by atoms with Crippen molar-refractivity contribution in [3.05, 3.63) is 46.7 Å². The van der Waals surface area contributed by atoms with Gasteiger partial charge in [-0.1, -0.05) is 6.07 Å². The fraction of sp³-hybridized carbons (Fsp3) is 0.429. The van der Waals surface area contributed by atoms with Crippen LogP contribution in [0.15, 0.2) is 46.8 Å². The zero-order valence-corrected chi connectivity index (χ0v) is 20.3. The maximum absolute atomic E-state index is 12.2. The number of carbonyl (C=O) groups excluding carboxylic acids is 1. The van der Waals surface area contributed by atoms with E-state index in [1.807, 2.05) is 6.92 Å². The highest BCUT2D eigenvalue weighted by molar-refractivity contribution is 14.0. The van der Waals surface area contributed by atoms with E-state index in [0.717, 1.165) is 26.2 Å². The molecule has 164 valence electrons. The Morgan fingerprint density at radius 3 is 2.57 bits per heavy atom. The summed E-state index contributed by atoms with van der Waals surface area (Å²) < 4.78 is 0. The summed E-state index contributed by atoms with van der Waals surface area (Å²) in [6.07, 6.45) is 2.49. The van der Waals surface area contributed by atoms with Gasteiger partial charge in [0.1, 0.15) is 12.3 Å². The molecule has 30 heavy (non-hydrogen) atoms. The molecule has 1 fully saturated rings. The highest BCUT2D eigenvalue weighted by Crippen LogP contribution is 2.27. The van der Waals surface area contributed by atoms with Crippen LogP contribution in [0.2, 0.25) is 0 Å². The number of likely N-dealkylation sites (tertiary alicyclic amines) is 1. The van der Waals surface area contributed by atoms with E-state index in [-0.39, 0.29) is 42.2 Å². The fourth-order valence-electron chi connectivity index (χ4n) is 3.38. The molecule has 2 heterocycles. The van der Waals surface area contributed by atoms with Crippen molar-refractivity contribution >= 4 is 52.9 Å². The summed E-state index contributed by atoms with van der Waals surface area (Å²) in [6.45, 7) is 5.72. The van der Waals surface area contributed by atoms with Crippen molar-refractivity contribution in [2.45, 2.75) is 25.8 Å². The Morgan fingerprint density at radius 1 is 1.20 bits per heavy atom. The van der Waals surface area contributed by atoms with Crippen LogP contribution in [-0.4, -0.2) is 54.6 Å². The standard InChI is InChI=1S/C21H29N5O2S.HI/c1-2-22-21(24-15-20(28)25-16-7-9-17(27)10-8-16)23-14-18(19-6-5-13-29-19)26-11-3-4-12-26;/h5-10,13,18,27H,2-4,11-12,14-15H2,1H3,(H,25,28)(H2,22,23,24);1H. The quantitative estimate of drug-likeness (QED) is 0.178. The zero-order chi connectivity index (χ0) is 20.5. The number of carbonyl (C=O) groups is 1. The molecule has 1 unspecified atom stereocenters. The van der Waals surface area contributed by atoms with Crippen LogP contribution in [0.1, 0.15) is 30.7 Å². The Kier molecular flexibility index (Phi) is 10.4. The van der Waals surface area contributed by atoms with Gasteiger partial charge in [0.25, 0.3) is 0 Å². The van der Waals surface area contributed by atoms with Gasteiger partial charge in [0.15, 0.2) is 5.96 Å². The number of benzene rings is 1. The molecule has 9 heteroatoms. The molecule has 1 atom stereocenters. The van der Waals surface area contributed by atoms with Crippen LogP contribution in [0, 0.1) is 0 Å². The largest absolute Gasteiger partial charge is 0.508 e. The first-order chi connectivity index (χ1) is 14.2. The number of phenols is 1. The van der Waals surface area contributed by atoms with Gasteiger partial charge in [-0.15, -0.1) is 35.3 Å². The number of hydrogen-bond acceptors (Lipinski definition) is 5. The minimum absolute atomic E-state index is 0. The number of hydrogen-bond donors (Lipinski definition) is 4. The van der Waals surface area contributed by atoms with E-state index >= 15 is 0 Å². The summed E-state index contributed by atoms with van der Waals surface area (Å²) in [6, 6.07) is 11.0. The van der Waals surface area contributed by atoms with E-state index in [1.54, 1.807) is 23.5 Å². The van der Waals surface area contributed by atoms with Crippen molar-refractivity contribution in [3.8, 4) is 5.75 Å². The number of amides is 1. The Hall–Kier alpha value is -1.85. The zero-order valence-electron chi connectivity index (χ0n) is 17.1. The molecule has 4 N–H and O–H groups in total. The second-order valence-electron chi connectivity index (χ2n) is 6.95. The lowest BCUT2D eigenvalue weighted by molar-refractivity contribution is -0.114. The minimum atomic E-state index is -0.206. The van der Waals surface area contributed by atoms with E-state index in [9.17, 15) is 9.90 Å².